The molecular formula is C10H13N5O2. The molecule has 0 atom stereocenters. The summed E-state index contributed by atoms with van der Waals surface area (Å²) in [5.74, 6) is -0.0369. The van der Waals surface area contributed by atoms with Crippen LogP contribution < -0.4 is 11.1 Å². The molecule has 17 heavy (non-hydrogen) atoms. The number of amides is 1. The molecule has 1 amide bonds. The third-order valence-corrected chi connectivity index (χ3v) is 2.23. The van der Waals surface area contributed by atoms with Gasteiger partial charge in [0.1, 0.15) is 0 Å². The highest BCUT2D eigenvalue weighted by Gasteiger charge is 2.12. The van der Waals surface area contributed by atoms with Crippen molar-refractivity contribution in [2.24, 2.45) is 0 Å². The van der Waals surface area contributed by atoms with Crippen LogP contribution in [-0.4, -0.2) is 27.2 Å². The third kappa shape index (κ3) is 2.63. The van der Waals surface area contributed by atoms with Gasteiger partial charge in [-0.3, -0.25) is 9.48 Å². The summed E-state index contributed by atoms with van der Waals surface area (Å²) < 4.78 is 6.62. The van der Waals surface area contributed by atoms with E-state index < -0.39 is 0 Å². The number of nitrogens with one attached hydrogen (secondary N) is 1. The van der Waals surface area contributed by atoms with E-state index in [-0.39, 0.29) is 11.7 Å². The summed E-state index contributed by atoms with van der Waals surface area (Å²) in [5, 5.41) is 6.71. The molecule has 2 rings (SSSR count). The van der Waals surface area contributed by atoms with Crippen LogP contribution >= 0.6 is 0 Å². The third-order valence-electron chi connectivity index (χ3n) is 2.23. The Bertz CT molecular complexity index is 516. The maximum Gasteiger partial charge on any atom is 0.289 e. The van der Waals surface area contributed by atoms with Crippen molar-refractivity contribution in [3.05, 3.63) is 30.2 Å². The van der Waals surface area contributed by atoms with Gasteiger partial charge in [-0.1, -0.05) is 0 Å². The molecule has 0 unspecified atom stereocenters. The van der Waals surface area contributed by atoms with Crippen molar-refractivity contribution < 1.29 is 9.21 Å². The Hall–Kier alpha value is -2.31. The van der Waals surface area contributed by atoms with Crippen molar-refractivity contribution in [2.45, 2.75) is 13.5 Å². The first-order valence-electron chi connectivity index (χ1n) is 5.13. The average Bonchev–Trinajstić information content (AvgIpc) is 2.87. The minimum Gasteiger partial charge on any atom is -0.438 e. The number of carbonyl (C=O) groups excluding carboxylic acids is 1. The predicted molar refractivity (Wildman–Crippen MR) is 60.2 cm³/mol. The van der Waals surface area contributed by atoms with E-state index in [4.69, 9.17) is 10.2 Å². The summed E-state index contributed by atoms with van der Waals surface area (Å²) in [7, 11) is 0. The SMILES string of the molecule is Cc1ncoc1C(=O)NCCn1cc(N)cn1. The first-order chi connectivity index (χ1) is 8.16. The van der Waals surface area contributed by atoms with Crippen molar-refractivity contribution in [1.29, 1.82) is 0 Å². The highest BCUT2D eigenvalue weighted by molar-refractivity contribution is 5.92. The van der Waals surface area contributed by atoms with Crippen molar-refractivity contribution in [3.8, 4) is 0 Å². The normalized spacial score (nSPS) is 10.4. The van der Waals surface area contributed by atoms with Gasteiger partial charge in [0, 0.05) is 12.7 Å². The molecule has 0 bridgehead atoms. The molecule has 7 nitrogen and oxygen atoms in total. The van der Waals surface area contributed by atoms with Crippen LogP contribution in [0.4, 0.5) is 5.69 Å². The number of nitrogen functional groups attached to an aromatic ring is 1. The molecular weight excluding hydrogens is 222 g/mol. The number of aryl methyl sites for hydroxylation is 1. The summed E-state index contributed by atoms with van der Waals surface area (Å²) >= 11 is 0. The van der Waals surface area contributed by atoms with Gasteiger partial charge in [-0.15, -0.1) is 0 Å². The first-order valence-corrected chi connectivity index (χ1v) is 5.13. The fraction of sp³-hybridized carbons (Fsp3) is 0.300. The zero-order valence-electron chi connectivity index (χ0n) is 9.38. The quantitative estimate of drug-likeness (QED) is 0.788. The second kappa shape index (κ2) is 4.69. The van der Waals surface area contributed by atoms with Gasteiger partial charge >= 0.3 is 0 Å². The summed E-state index contributed by atoms with van der Waals surface area (Å²) in [6.07, 6.45) is 4.51. The van der Waals surface area contributed by atoms with Gasteiger partial charge in [-0.25, -0.2) is 4.98 Å². The molecule has 0 aliphatic heterocycles. The molecule has 0 saturated heterocycles. The molecule has 0 saturated carbocycles. The van der Waals surface area contributed by atoms with Gasteiger partial charge in [-0.05, 0) is 6.92 Å². The number of hydrogen-bond donors (Lipinski definition) is 2. The largest absolute Gasteiger partial charge is 0.438 e. The van der Waals surface area contributed by atoms with Gasteiger partial charge in [-0.2, -0.15) is 5.10 Å². The van der Waals surface area contributed by atoms with Crippen LogP contribution in [0.5, 0.6) is 0 Å². The smallest absolute Gasteiger partial charge is 0.289 e. The molecule has 0 aromatic carbocycles. The lowest BCUT2D eigenvalue weighted by atomic mass is 10.3. The van der Waals surface area contributed by atoms with Crippen LogP contribution in [-0.2, 0) is 6.54 Å². The van der Waals surface area contributed by atoms with Crippen LogP contribution in [0.1, 0.15) is 16.2 Å². The van der Waals surface area contributed by atoms with E-state index in [0.717, 1.165) is 0 Å². The number of anilines is 1. The first kappa shape index (κ1) is 11.2. The van der Waals surface area contributed by atoms with E-state index in [1.807, 2.05) is 0 Å². The van der Waals surface area contributed by atoms with Gasteiger partial charge in [0.15, 0.2) is 6.39 Å². The number of nitrogens with two attached hydrogens (primary N) is 1. The van der Waals surface area contributed by atoms with E-state index in [1.54, 1.807) is 24.0 Å². The van der Waals surface area contributed by atoms with E-state index in [2.05, 4.69) is 15.4 Å². The predicted octanol–water partition coefficient (Wildman–Crippen LogP) is 0.192. The minimum atomic E-state index is -0.278. The van der Waals surface area contributed by atoms with Crippen LogP contribution in [0.15, 0.2) is 23.2 Å². The van der Waals surface area contributed by atoms with Crippen LogP contribution in [0.3, 0.4) is 0 Å². The number of oxazole rings is 1. The Morgan fingerprint density at radius 3 is 3.06 bits per heavy atom. The summed E-state index contributed by atoms with van der Waals surface area (Å²) in [6.45, 7) is 2.71. The van der Waals surface area contributed by atoms with Crippen molar-refractivity contribution >= 4 is 11.6 Å². The molecule has 0 aliphatic rings. The fourth-order valence-corrected chi connectivity index (χ4v) is 1.39. The van der Waals surface area contributed by atoms with Crippen LogP contribution in [0.25, 0.3) is 0 Å². The average molecular weight is 235 g/mol. The Kier molecular flexibility index (Phi) is 3.08. The number of hydrogen-bond acceptors (Lipinski definition) is 5. The number of nitrogens with zero attached hydrogens (tertiary/aromatic N) is 3. The van der Waals surface area contributed by atoms with E-state index in [1.165, 1.54) is 6.39 Å². The number of aromatic nitrogens is 3. The second-order valence-electron chi connectivity index (χ2n) is 3.56. The molecule has 90 valence electrons. The lowest BCUT2D eigenvalue weighted by molar-refractivity contribution is 0.0923. The van der Waals surface area contributed by atoms with E-state index in [0.29, 0.717) is 24.5 Å². The highest BCUT2D eigenvalue weighted by Crippen LogP contribution is 2.04. The molecule has 2 heterocycles. The van der Waals surface area contributed by atoms with Crippen LogP contribution in [0.2, 0.25) is 0 Å². The Morgan fingerprint density at radius 2 is 2.47 bits per heavy atom. The van der Waals surface area contributed by atoms with E-state index in [9.17, 15) is 4.79 Å². The molecule has 2 aromatic rings. The molecule has 0 radical (unpaired) electrons. The van der Waals surface area contributed by atoms with Gasteiger partial charge in [0.05, 0.1) is 24.1 Å². The minimum absolute atomic E-state index is 0.241. The van der Waals surface area contributed by atoms with Crippen molar-refractivity contribution in [2.75, 3.05) is 12.3 Å². The molecule has 2 aromatic heterocycles. The maximum absolute atomic E-state index is 11.6. The maximum atomic E-state index is 11.6. The standard InChI is InChI=1S/C10H13N5O2/c1-7-9(17-6-13-7)10(16)12-2-3-15-5-8(11)4-14-15/h4-6H,2-3,11H2,1H3,(H,12,16). The number of carbonyl (C=O) groups is 1. The second-order valence-corrected chi connectivity index (χ2v) is 3.56. The lowest BCUT2D eigenvalue weighted by Gasteiger charge is -2.03. The number of rotatable bonds is 4. The van der Waals surface area contributed by atoms with Gasteiger partial charge in [0.25, 0.3) is 5.91 Å². The van der Waals surface area contributed by atoms with E-state index >= 15 is 0 Å². The monoisotopic (exact) mass is 235 g/mol. The fourth-order valence-electron chi connectivity index (χ4n) is 1.39. The Labute approximate surface area is 97.6 Å². The van der Waals surface area contributed by atoms with Gasteiger partial charge < -0.3 is 15.5 Å². The lowest BCUT2D eigenvalue weighted by Crippen LogP contribution is -2.27. The zero-order chi connectivity index (χ0) is 12.3. The molecule has 0 spiro atoms. The molecule has 3 N–H and O–H groups in total. The summed E-state index contributed by atoms with van der Waals surface area (Å²) in [4.78, 5) is 15.5. The highest BCUT2D eigenvalue weighted by atomic mass is 16.3. The summed E-state index contributed by atoms with van der Waals surface area (Å²) in [6, 6.07) is 0. The van der Waals surface area contributed by atoms with Crippen molar-refractivity contribution in [1.82, 2.24) is 20.1 Å². The van der Waals surface area contributed by atoms with Crippen molar-refractivity contribution in [3.63, 3.8) is 0 Å². The zero-order valence-corrected chi connectivity index (χ0v) is 9.38. The molecule has 0 aliphatic carbocycles. The Morgan fingerprint density at radius 1 is 1.65 bits per heavy atom. The topological polar surface area (TPSA) is 99.0 Å². The van der Waals surface area contributed by atoms with Gasteiger partial charge in [0.2, 0.25) is 5.76 Å². The summed E-state index contributed by atoms with van der Waals surface area (Å²) in [5.41, 5.74) is 6.69. The molecule has 7 heteroatoms. The van der Waals surface area contributed by atoms with Crippen LogP contribution in [0, 0.1) is 6.92 Å². The Balaban J connectivity index is 1.83. The molecule has 0 fully saturated rings.